The van der Waals surface area contributed by atoms with Crippen molar-refractivity contribution in [2.24, 2.45) is 0 Å². The van der Waals surface area contributed by atoms with E-state index in [1.165, 1.54) is 35.7 Å². The van der Waals surface area contributed by atoms with E-state index in [4.69, 9.17) is 0 Å². The number of aromatic nitrogens is 2. The van der Waals surface area contributed by atoms with Crippen LogP contribution in [0, 0.1) is 5.82 Å². The molecule has 2 rings (SSSR count). The number of anilines is 1. The number of halogens is 1. The standard InChI is InChI=1S/C13H14FN3S2/c1-3-15-11-8-12(17-13(16-11)18-2)19-10-6-4-5-9(14)7-10/h4-8H,3H2,1-2H3,(H,15,16,17). The van der Waals surface area contributed by atoms with Gasteiger partial charge in [0.05, 0.1) is 0 Å². The summed E-state index contributed by atoms with van der Waals surface area (Å²) in [6.45, 7) is 2.81. The second-order valence-electron chi connectivity index (χ2n) is 3.67. The van der Waals surface area contributed by atoms with Crippen molar-refractivity contribution < 1.29 is 4.39 Å². The maximum absolute atomic E-state index is 13.2. The quantitative estimate of drug-likeness (QED) is 0.514. The summed E-state index contributed by atoms with van der Waals surface area (Å²) in [5.74, 6) is 0.553. The molecule has 1 aromatic carbocycles. The predicted molar refractivity (Wildman–Crippen MR) is 78.5 cm³/mol. The molecule has 2 aromatic rings. The van der Waals surface area contributed by atoms with E-state index in [1.54, 1.807) is 6.07 Å². The molecule has 1 aromatic heterocycles. The molecule has 6 heteroatoms. The van der Waals surface area contributed by atoms with Crippen LogP contribution in [-0.2, 0) is 0 Å². The highest BCUT2D eigenvalue weighted by molar-refractivity contribution is 7.99. The summed E-state index contributed by atoms with van der Waals surface area (Å²) in [5.41, 5.74) is 0. The lowest BCUT2D eigenvalue weighted by molar-refractivity contribution is 0.624. The molecule has 0 aliphatic heterocycles. The van der Waals surface area contributed by atoms with Crippen LogP contribution in [0.5, 0.6) is 0 Å². The molecule has 1 heterocycles. The van der Waals surface area contributed by atoms with Gasteiger partial charge in [0, 0.05) is 17.5 Å². The van der Waals surface area contributed by atoms with E-state index >= 15 is 0 Å². The molecule has 0 atom stereocenters. The van der Waals surface area contributed by atoms with Crippen LogP contribution in [0.15, 0.2) is 45.4 Å². The molecule has 0 fully saturated rings. The molecule has 0 unspecified atom stereocenters. The van der Waals surface area contributed by atoms with Crippen LogP contribution >= 0.6 is 23.5 Å². The van der Waals surface area contributed by atoms with E-state index in [-0.39, 0.29) is 5.82 Å². The molecular formula is C13H14FN3S2. The van der Waals surface area contributed by atoms with Crippen LogP contribution in [-0.4, -0.2) is 22.8 Å². The maximum atomic E-state index is 13.2. The van der Waals surface area contributed by atoms with Gasteiger partial charge in [0.1, 0.15) is 16.7 Å². The third kappa shape index (κ3) is 4.11. The Bertz CT molecular complexity index is 563. The maximum Gasteiger partial charge on any atom is 0.190 e. The minimum Gasteiger partial charge on any atom is -0.370 e. The first kappa shape index (κ1) is 14.1. The lowest BCUT2D eigenvalue weighted by atomic mass is 10.4. The molecule has 0 amide bonds. The van der Waals surface area contributed by atoms with Crippen LogP contribution in [0.1, 0.15) is 6.92 Å². The summed E-state index contributed by atoms with van der Waals surface area (Å²) in [6, 6.07) is 8.36. The molecule has 0 aliphatic rings. The van der Waals surface area contributed by atoms with Gasteiger partial charge in [-0.25, -0.2) is 14.4 Å². The molecule has 19 heavy (non-hydrogen) atoms. The summed E-state index contributed by atoms with van der Waals surface area (Å²) < 4.78 is 13.2. The first-order valence-corrected chi connectivity index (χ1v) is 7.85. The van der Waals surface area contributed by atoms with Gasteiger partial charge in [-0.2, -0.15) is 0 Å². The molecule has 100 valence electrons. The van der Waals surface area contributed by atoms with Crippen molar-refractivity contribution in [2.75, 3.05) is 18.1 Å². The van der Waals surface area contributed by atoms with Gasteiger partial charge in [-0.1, -0.05) is 29.6 Å². The zero-order valence-corrected chi connectivity index (χ0v) is 12.3. The van der Waals surface area contributed by atoms with Crippen molar-refractivity contribution in [1.82, 2.24) is 9.97 Å². The summed E-state index contributed by atoms with van der Waals surface area (Å²) in [5, 5.41) is 4.68. The molecule has 0 saturated heterocycles. The second-order valence-corrected chi connectivity index (χ2v) is 5.54. The highest BCUT2D eigenvalue weighted by atomic mass is 32.2. The van der Waals surface area contributed by atoms with Crippen molar-refractivity contribution in [3.63, 3.8) is 0 Å². The van der Waals surface area contributed by atoms with Crippen molar-refractivity contribution in [3.8, 4) is 0 Å². The van der Waals surface area contributed by atoms with Crippen LogP contribution in [0.3, 0.4) is 0 Å². The number of thioether (sulfide) groups is 1. The molecular weight excluding hydrogens is 281 g/mol. The average Bonchev–Trinajstić information content (AvgIpc) is 2.39. The van der Waals surface area contributed by atoms with Crippen LogP contribution < -0.4 is 5.32 Å². The largest absolute Gasteiger partial charge is 0.370 e. The van der Waals surface area contributed by atoms with Gasteiger partial charge in [-0.3, -0.25) is 0 Å². The average molecular weight is 295 g/mol. The van der Waals surface area contributed by atoms with E-state index in [0.717, 1.165) is 22.3 Å². The summed E-state index contributed by atoms with van der Waals surface area (Å²) >= 11 is 2.91. The summed E-state index contributed by atoms with van der Waals surface area (Å²) in [4.78, 5) is 9.59. The zero-order chi connectivity index (χ0) is 13.7. The first-order chi connectivity index (χ1) is 9.21. The Balaban J connectivity index is 2.26. The normalized spacial score (nSPS) is 10.5. The molecule has 0 spiro atoms. The minimum absolute atomic E-state index is 0.240. The number of nitrogens with one attached hydrogen (secondary N) is 1. The molecule has 0 radical (unpaired) electrons. The Morgan fingerprint density at radius 1 is 1.26 bits per heavy atom. The molecule has 1 N–H and O–H groups in total. The number of nitrogens with zero attached hydrogens (tertiary/aromatic N) is 2. The lowest BCUT2D eigenvalue weighted by Crippen LogP contribution is -2.01. The smallest absolute Gasteiger partial charge is 0.190 e. The number of benzene rings is 1. The topological polar surface area (TPSA) is 37.8 Å². The van der Waals surface area contributed by atoms with Gasteiger partial charge in [-0.15, -0.1) is 0 Å². The van der Waals surface area contributed by atoms with Crippen molar-refractivity contribution in [1.29, 1.82) is 0 Å². The van der Waals surface area contributed by atoms with Gasteiger partial charge >= 0.3 is 0 Å². The van der Waals surface area contributed by atoms with Gasteiger partial charge in [-0.05, 0) is 31.4 Å². The fraction of sp³-hybridized carbons (Fsp3) is 0.231. The molecule has 0 bridgehead atoms. The summed E-state index contributed by atoms with van der Waals surface area (Å²) in [6.07, 6.45) is 1.93. The number of hydrogen-bond acceptors (Lipinski definition) is 5. The van der Waals surface area contributed by atoms with E-state index in [0.29, 0.717) is 5.16 Å². The van der Waals surface area contributed by atoms with Crippen LogP contribution in [0.25, 0.3) is 0 Å². The number of hydrogen-bond donors (Lipinski definition) is 1. The van der Waals surface area contributed by atoms with E-state index in [1.807, 2.05) is 25.3 Å². The molecule has 3 nitrogen and oxygen atoms in total. The van der Waals surface area contributed by atoms with E-state index in [2.05, 4.69) is 15.3 Å². The predicted octanol–water partition coefficient (Wildman–Crippen LogP) is 3.92. The third-order valence-electron chi connectivity index (χ3n) is 2.24. The minimum atomic E-state index is -0.240. The molecule has 0 saturated carbocycles. The van der Waals surface area contributed by atoms with Crippen LogP contribution in [0.2, 0.25) is 0 Å². The Hall–Kier alpha value is -1.27. The fourth-order valence-corrected chi connectivity index (χ4v) is 2.77. The molecule has 0 aliphatic carbocycles. The Kier molecular flexibility index (Phi) is 5.04. The Labute approximate surface area is 120 Å². The van der Waals surface area contributed by atoms with Crippen LogP contribution in [0.4, 0.5) is 10.2 Å². The lowest BCUT2D eigenvalue weighted by Gasteiger charge is -2.07. The third-order valence-corrected chi connectivity index (χ3v) is 3.70. The second kappa shape index (κ2) is 6.77. The first-order valence-electron chi connectivity index (χ1n) is 5.81. The highest BCUT2D eigenvalue weighted by Gasteiger charge is 2.06. The zero-order valence-electron chi connectivity index (χ0n) is 10.7. The Morgan fingerprint density at radius 3 is 2.79 bits per heavy atom. The van der Waals surface area contributed by atoms with E-state index < -0.39 is 0 Å². The van der Waals surface area contributed by atoms with Crippen molar-refractivity contribution in [2.45, 2.75) is 22.0 Å². The van der Waals surface area contributed by atoms with Crippen molar-refractivity contribution >= 4 is 29.3 Å². The SMILES string of the molecule is CCNc1cc(Sc2cccc(F)c2)nc(SC)n1. The Morgan fingerprint density at radius 2 is 2.11 bits per heavy atom. The monoisotopic (exact) mass is 295 g/mol. The van der Waals surface area contributed by atoms with Gasteiger partial charge < -0.3 is 5.32 Å². The fourth-order valence-electron chi connectivity index (χ4n) is 1.47. The van der Waals surface area contributed by atoms with Gasteiger partial charge in [0.25, 0.3) is 0 Å². The van der Waals surface area contributed by atoms with Gasteiger partial charge in [0.15, 0.2) is 5.16 Å². The van der Waals surface area contributed by atoms with Crippen molar-refractivity contribution in [3.05, 3.63) is 36.1 Å². The van der Waals surface area contributed by atoms with Gasteiger partial charge in [0.2, 0.25) is 0 Å². The van der Waals surface area contributed by atoms with E-state index in [9.17, 15) is 4.39 Å². The number of rotatable bonds is 5. The highest BCUT2D eigenvalue weighted by Crippen LogP contribution is 2.29. The summed E-state index contributed by atoms with van der Waals surface area (Å²) in [7, 11) is 0.